The molecule has 13 heteroatoms. The lowest BCUT2D eigenvalue weighted by Crippen LogP contribution is -2.54. The second-order valence-corrected chi connectivity index (χ2v) is 9.03. The molecule has 32 heavy (non-hydrogen) atoms. The van der Waals surface area contributed by atoms with Crippen LogP contribution in [0.1, 0.15) is 29.5 Å². The molecule has 0 fully saturated rings. The van der Waals surface area contributed by atoms with Crippen molar-refractivity contribution in [1.29, 1.82) is 0 Å². The van der Waals surface area contributed by atoms with Crippen molar-refractivity contribution in [1.82, 2.24) is 0 Å². The average molecular weight is 487 g/mol. The molecule has 0 saturated heterocycles. The molecule has 5 nitrogen and oxygen atoms in total. The molecular formula is C19H16F7NO4S. The molecule has 0 heterocycles. The van der Waals surface area contributed by atoms with E-state index >= 15 is 0 Å². The minimum absolute atomic E-state index is 0.0154. The molecule has 0 aliphatic heterocycles. The van der Waals surface area contributed by atoms with Gasteiger partial charge in [-0.15, -0.1) is 0 Å². The molecule has 2 aromatic rings. The number of halogens is 7. The number of sulfone groups is 1. The number of hydrogen-bond acceptors (Lipinski definition) is 4. The van der Waals surface area contributed by atoms with E-state index in [0.29, 0.717) is 6.07 Å². The van der Waals surface area contributed by atoms with Gasteiger partial charge in [-0.2, -0.15) is 26.3 Å². The predicted octanol–water partition coefficient (Wildman–Crippen LogP) is 3.55. The fourth-order valence-electron chi connectivity index (χ4n) is 3.03. The number of primary amides is 1. The number of amides is 1. The Morgan fingerprint density at radius 1 is 0.969 bits per heavy atom. The molecule has 176 valence electrons. The molecule has 0 saturated carbocycles. The number of hydrogen-bond donors (Lipinski definition) is 2. The molecule has 0 aromatic heterocycles. The monoisotopic (exact) mass is 487 g/mol. The Kier molecular flexibility index (Phi) is 6.68. The van der Waals surface area contributed by atoms with Crippen molar-refractivity contribution in [2.24, 2.45) is 5.73 Å². The van der Waals surface area contributed by atoms with Crippen LogP contribution in [-0.4, -0.2) is 37.5 Å². The van der Waals surface area contributed by atoms with Crippen LogP contribution >= 0.6 is 0 Å². The summed E-state index contributed by atoms with van der Waals surface area (Å²) in [7, 11) is -3.60. The normalized spacial score (nSPS) is 14.3. The summed E-state index contributed by atoms with van der Waals surface area (Å²) in [6, 6.07) is 5.45. The van der Waals surface area contributed by atoms with E-state index in [4.69, 9.17) is 5.73 Å². The first-order valence-electron chi connectivity index (χ1n) is 8.75. The van der Waals surface area contributed by atoms with Gasteiger partial charge in [-0.1, -0.05) is 31.2 Å². The number of carbonyl (C=O) groups excluding carboxylic acids is 1. The summed E-state index contributed by atoms with van der Waals surface area (Å²) in [5, 5.41) is 9.38. The molecule has 1 amide bonds. The first kappa shape index (κ1) is 25.6. The van der Waals surface area contributed by atoms with Crippen LogP contribution in [0.2, 0.25) is 0 Å². The van der Waals surface area contributed by atoms with Crippen LogP contribution < -0.4 is 5.73 Å². The van der Waals surface area contributed by atoms with Gasteiger partial charge in [-0.05, 0) is 29.3 Å². The van der Waals surface area contributed by atoms with Crippen LogP contribution in [0.4, 0.5) is 30.7 Å². The van der Waals surface area contributed by atoms with Crippen molar-refractivity contribution in [2.45, 2.75) is 35.7 Å². The largest absolute Gasteiger partial charge is 0.430 e. The van der Waals surface area contributed by atoms with Gasteiger partial charge in [0, 0.05) is 5.56 Å². The van der Waals surface area contributed by atoms with E-state index in [0.717, 1.165) is 24.3 Å². The summed E-state index contributed by atoms with van der Waals surface area (Å²) in [5.74, 6) is -4.96. The van der Waals surface area contributed by atoms with Crippen LogP contribution in [0.15, 0.2) is 47.4 Å². The maximum atomic E-state index is 14.4. The van der Waals surface area contributed by atoms with Crippen LogP contribution in [0.3, 0.4) is 0 Å². The summed E-state index contributed by atoms with van der Waals surface area (Å²) < 4.78 is 116. The second-order valence-electron chi connectivity index (χ2n) is 6.75. The number of alkyl halides is 6. The molecule has 1 atom stereocenters. The van der Waals surface area contributed by atoms with Gasteiger partial charge in [0.15, 0.2) is 9.84 Å². The predicted molar refractivity (Wildman–Crippen MR) is 97.6 cm³/mol. The third-order valence-corrected chi connectivity index (χ3v) is 6.52. The number of benzene rings is 2. The molecule has 2 aromatic carbocycles. The lowest BCUT2D eigenvalue weighted by atomic mass is 9.86. The van der Waals surface area contributed by atoms with Crippen molar-refractivity contribution in [3.8, 4) is 0 Å². The highest BCUT2D eigenvalue weighted by Gasteiger charge is 2.72. The molecule has 0 bridgehead atoms. The fourth-order valence-corrected chi connectivity index (χ4v) is 3.91. The van der Waals surface area contributed by atoms with Crippen LogP contribution in [0.25, 0.3) is 0 Å². The lowest BCUT2D eigenvalue weighted by Gasteiger charge is -2.33. The minimum atomic E-state index is -6.29. The van der Waals surface area contributed by atoms with E-state index in [9.17, 15) is 49.1 Å². The van der Waals surface area contributed by atoms with Crippen LogP contribution in [-0.2, 0) is 20.2 Å². The molecule has 3 N–H and O–H groups in total. The zero-order valence-corrected chi connectivity index (χ0v) is 16.9. The van der Waals surface area contributed by atoms with Gasteiger partial charge in [0.1, 0.15) is 5.82 Å². The zero-order valence-electron chi connectivity index (χ0n) is 16.1. The quantitative estimate of drug-likeness (QED) is 0.609. The maximum Gasteiger partial charge on any atom is 0.430 e. The Labute approximate surface area is 177 Å². The smallest absolute Gasteiger partial charge is 0.369 e. The number of carbonyl (C=O) groups is 1. The van der Waals surface area contributed by atoms with E-state index in [1.807, 2.05) is 0 Å². The molecule has 0 aliphatic carbocycles. The van der Waals surface area contributed by atoms with Crippen LogP contribution in [0.5, 0.6) is 0 Å². The van der Waals surface area contributed by atoms with E-state index in [2.05, 4.69) is 0 Å². The first-order valence-corrected chi connectivity index (χ1v) is 10.4. The van der Waals surface area contributed by atoms with Gasteiger partial charge >= 0.3 is 12.4 Å². The highest BCUT2D eigenvalue weighted by molar-refractivity contribution is 7.91. The van der Waals surface area contributed by atoms with Crippen LogP contribution in [0, 0.1) is 5.82 Å². The Hall–Kier alpha value is -2.67. The van der Waals surface area contributed by atoms with E-state index < -0.39 is 56.6 Å². The summed E-state index contributed by atoms with van der Waals surface area (Å²) >= 11 is 0. The summed E-state index contributed by atoms with van der Waals surface area (Å²) in [6.07, 6.45) is -12.6. The van der Waals surface area contributed by atoms with Gasteiger partial charge in [0.05, 0.1) is 16.6 Å². The Morgan fingerprint density at radius 3 is 1.81 bits per heavy atom. The minimum Gasteiger partial charge on any atom is -0.369 e. The molecular weight excluding hydrogens is 471 g/mol. The third-order valence-electron chi connectivity index (χ3n) is 4.77. The maximum absolute atomic E-state index is 14.4. The van der Waals surface area contributed by atoms with E-state index in [1.165, 1.54) is 6.92 Å². The number of rotatable bonds is 6. The van der Waals surface area contributed by atoms with Crippen molar-refractivity contribution >= 4 is 15.7 Å². The third kappa shape index (κ3) is 4.44. The van der Waals surface area contributed by atoms with Gasteiger partial charge in [-0.3, -0.25) is 4.79 Å². The van der Waals surface area contributed by atoms with Gasteiger partial charge < -0.3 is 10.8 Å². The second kappa shape index (κ2) is 8.35. The lowest BCUT2D eigenvalue weighted by molar-refractivity contribution is -0.377. The van der Waals surface area contributed by atoms with Crippen molar-refractivity contribution in [3.05, 3.63) is 65.0 Å². The first-order chi connectivity index (χ1) is 14.5. The topological polar surface area (TPSA) is 97.5 Å². The van der Waals surface area contributed by atoms with Crippen molar-refractivity contribution < 1.29 is 49.1 Å². The highest BCUT2D eigenvalue weighted by Crippen LogP contribution is 2.50. The Morgan fingerprint density at radius 2 is 1.44 bits per heavy atom. The molecule has 1 unspecified atom stereocenters. The Balaban J connectivity index is 2.59. The van der Waals surface area contributed by atoms with Gasteiger partial charge in [0.2, 0.25) is 5.91 Å². The van der Waals surface area contributed by atoms with Gasteiger partial charge in [-0.25, -0.2) is 12.8 Å². The summed E-state index contributed by atoms with van der Waals surface area (Å²) in [5.41, 5.74) is -2.70. The number of aliphatic hydroxyl groups is 1. The summed E-state index contributed by atoms with van der Waals surface area (Å²) in [6.45, 7) is 1.39. The molecule has 0 radical (unpaired) electrons. The standard InChI is InChI=1S/C19H16F7NO4S/c1-2-32(30,31)12-6-3-10(4-7-12)15(16(27)28)11-5-8-13(14(20)9-11)17(29,18(21,22)23)19(24,25)26/h3-9,15,29H,2H2,1H3,(H2,27,28). The van der Waals surface area contributed by atoms with Crippen molar-refractivity contribution in [3.63, 3.8) is 0 Å². The number of nitrogens with two attached hydrogens (primary N) is 1. The zero-order chi connectivity index (χ0) is 24.7. The SMILES string of the molecule is CCS(=O)(=O)c1ccc(C(C(N)=O)c2ccc(C(O)(C(F)(F)F)C(F)(F)F)c(F)c2)cc1. The molecule has 0 aliphatic rings. The average Bonchev–Trinajstić information content (AvgIpc) is 2.66. The van der Waals surface area contributed by atoms with Gasteiger partial charge in [0.25, 0.3) is 5.60 Å². The summed E-state index contributed by atoms with van der Waals surface area (Å²) in [4.78, 5) is 11.8. The van der Waals surface area contributed by atoms with E-state index in [-0.39, 0.29) is 28.3 Å². The highest BCUT2D eigenvalue weighted by atomic mass is 32.2. The fraction of sp³-hybridized carbons (Fsp3) is 0.316. The van der Waals surface area contributed by atoms with Crippen molar-refractivity contribution in [2.75, 3.05) is 5.75 Å². The van der Waals surface area contributed by atoms with E-state index in [1.54, 1.807) is 0 Å². The molecule has 2 rings (SSSR count). The Bertz CT molecular complexity index is 1100. The molecule has 0 spiro atoms.